The van der Waals surface area contributed by atoms with Crippen molar-refractivity contribution in [1.82, 2.24) is 19.6 Å². The number of hydrogen-bond donors (Lipinski definition) is 1. The summed E-state index contributed by atoms with van der Waals surface area (Å²) in [5.41, 5.74) is 9.60. The number of carbonyl (C=O) groups is 1. The van der Waals surface area contributed by atoms with Crippen LogP contribution in [0.2, 0.25) is 5.02 Å². The summed E-state index contributed by atoms with van der Waals surface area (Å²) >= 11 is 6.16. The lowest BCUT2D eigenvalue weighted by atomic mass is 9.81. The van der Waals surface area contributed by atoms with Crippen molar-refractivity contribution in [2.75, 3.05) is 86.9 Å². The maximum absolute atomic E-state index is 11.7. The topological polar surface area (TPSA) is 111 Å². The van der Waals surface area contributed by atoms with Gasteiger partial charge in [0, 0.05) is 55.5 Å². The minimum Gasteiger partial charge on any atom is -0.496 e. The first-order valence-electron chi connectivity index (χ1n) is 37.0. The molecule has 1 N–H and O–H groups in total. The SMILES string of the molecule is COC(=O)c1ccc(-c2ccccc2C2CCN([C@H]3C[C@H]4CCC3C4)CC2)cc1.COc1ccc(C#N)cc1C1CCN([C@H]2C[C@H]3CCC2C3)CC1.COc1ccc(Cl)cc1C1CCN(C2CCOCC2)CC1.Cc1ccccc1C1(O)CCN([C@H]2C[C@H]3CCC2C3)CC1. The smallest absolute Gasteiger partial charge is 0.337 e. The number of fused-ring (bicyclic) bond motifs is 6. The number of aliphatic hydroxyl groups is 1. The number of ether oxygens (including phenoxy) is 4. The van der Waals surface area contributed by atoms with Gasteiger partial charge in [0.1, 0.15) is 11.5 Å². The van der Waals surface area contributed by atoms with Gasteiger partial charge in [0.25, 0.3) is 0 Å². The van der Waals surface area contributed by atoms with Crippen LogP contribution in [0.25, 0.3) is 11.1 Å². The molecule has 5 heterocycles. The summed E-state index contributed by atoms with van der Waals surface area (Å²) < 4.78 is 21.3. The summed E-state index contributed by atoms with van der Waals surface area (Å²) in [7, 11) is 4.90. The second-order valence-electron chi connectivity index (χ2n) is 30.5. The third-order valence-electron chi connectivity index (χ3n) is 25.5. The van der Waals surface area contributed by atoms with Crippen LogP contribution in [0.3, 0.4) is 0 Å². The third kappa shape index (κ3) is 15.3. The minimum atomic E-state index is -0.598. The van der Waals surface area contributed by atoms with Gasteiger partial charge in [-0.05, 0) is 309 Å². The number of rotatable bonds is 12. The molecule has 12 heteroatoms. The van der Waals surface area contributed by atoms with Crippen LogP contribution in [-0.2, 0) is 15.1 Å². The largest absolute Gasteiger partial charge is 0.496 e. The first-order chi connectivity index (χ1) is 45.9. The number of benzene rings is 5. The van der Waals surface area contributed by atoms with Crippen LogP contribution >= 0.6 is 11.6 Å². The number of methoxy groups -OCH3 is 3. The number of piperidine rings is 4. The van der Waals surface area contributed by atoms with Gasteiger partial charge in [-0.15, -0.1) is 0 Å². The average Bonchev–Trinajstić information content (AvgIpc) is 1.51. The Kier molecular flexibility index (Phi) is 22.2. The lowest BCUT2D eigenvalue weighted by Crippen LogP contribution is -2.48. The number of hydrogen-bond acceptors (Lipinski definition) is 11. The highest BCUT2D eigenvalue weighted by Crippen LogP contribution is 2.51. The molecule has 11 aliphatic rings. The van der Waals surface area contributed by atoms with E-state index < -0.39 is 5.60 Å². The summed E-state index contributed by atoms with van der Waals surface area (Å²) in [6.07, 6.45) is 29.1. The molecule has 504 valence electrons. The van der Waals surface area contributed by atoms with Gasteiger partial charge in [0.05, 0.1) is 44.1 Å². The Morgan fingerprint density at radius 2 is 1.01 bits per heavy atom. The van der Waals surface area contributed by atoms with Gasteiger partial charge in [-0.1, -0.05) is 91.5 Å². The highest BCUT2D eigenvalue weighted by Gasteiger charge is 2.47. The molecule has 3 unspecified atom stereocenters. The van der Waals surface area contributed by atoms with Crippen LogP contribution < -0.4 is 9.47 Å². The summed E-state index contributed by atoms with van der Waals surface area (Å²) in [5, 5.41) is 21.1. The molecule has 5 aromatic carbocycles. The fourth-order valence-electron chi connectivity index (χ4n) is 20.4. The van der Waals surface area contributed by atoms with E-state index in [1.54, 1.807) is 14.2 Å². The Bertz CT molecular complexity index is 3330. The molecule has 6 aliphatic carbocycles. The summed E-state index contributed by atoms with van der Waals surface area (Å²) in [6, 6.07) is 42.4. The molecule has 5 aromatic rings. The van der Waals surface area contributed by atoms with Crippen LogP contribution in [0.5, 0.6) is 11.5 Å². The van der Waals surface area contributed by atoms with Gasteiger partial charge in [0.15, 0.2) is 0 Å². The maximum Gasteiger partial charge on any atom is 0.337 e. The molecular weight excluding hydrogens is 1190 g/mol. The average molecular weight is 1300 g/mol. The van der Waals surface area contributed by atoms with Crippen molar-refractivity contribution in [3.63, 3.8) is 0 Å². The predicted molar refractivity (Wildman–Crippen MR) is 377 cm³/mol. The van der Waals surface area contributed by atoms with Crippen molar-refractivity contribution in [3.8, 4) is 28.7 Å². The zero-order valence-corrected chi connectivity index (χ0v) is 57.9. The monoisotopic (exact) mass is 1290 g/mol. The molecular formula is C82H108ClN5O6. The van der Waals surface area contributed by atoms with E-state index in [2.05, 4.69) is 99.3 Å². The van der Waals surface area contributed by atoms with Crippen molar-refractivity contribution in [2.45, 2.75) is 196 Å². The van der Waals surface area contributed by atoms with Gasteiger partial charge in [-0.25, -0.2) is 4.79 Å². The zero-order chi connectivity index (χ0) is 64.7. The maximum atomic E-state index is 11.7. The van der Waals surface area contributed by atoms with E-state index in [0.29, 0.717) is 23.3 Å². The predicted octanol–water partition coefficient (Wildman–Crippen LogP) is 16.6. The molecule has 0 radical (unpaired) electrons. The first kappa shape index (κ1) is 67.3. The summed E-state index contributed by atoms with van der Waals surface area (Å²) in [5.74, 6) is 9.35. The normalized spacial score (nSPS) is 28.9. The van der Waals surface area contributed by atoms with E-state index in [1.165, 1.54) is 208 Å². The van der Waals surface area contributed by atoms with E-state index in [9.17, 15) is 15.2 Å². The highest BCUT2D eigenvalue weighted by molar-refractivity contribution is 6.30. The van der Waals surface area contributed by atoms with Crippen molar-refractivity contribution in [1.29, 1.82) is 5.26 Å². The number of esters is 1. The van der Waals surface area contributed by atoms with Crippen molar-refractivity contribution >= 4 is 17.6 Å². The molecule has 9 atom stereocenters. The number of nitrogens with zero attached hydrogens (tertiary/aromatic N) is 5. The van der Waals surface area contributed by atoms with E-state index in [0.717, 1.165) is 126 Å². The van der Waals surface area contributed by atoms with Gasteiger partial charge in [-0.3, -0.25) is 4.90 Å². The molecule has 11 fully saturated rings. The molecule has 11 nitrogen and oxygen atoms in total. The Morgan fingerprint density at radius 3 is 1.50 bits per heavy atom. The van der Waals surface area contributed by atoms with Crippen LogP contribution in [0, 0.1) is 53.8 Å². The van der Waals surface area contributed by atoms with Crippen molar-refractivity contribution in [2.24, 2.45) is 35.5 Å². The van der Waals surface area contributed by atoms with Crippen LogP contribution in [0.1, 0.15) is 203 Å². The van der Waals surface area contributed by atoms with Crippen LogP contribution in [0.15, 0.2) is 109 Å². The van der Waals surface area contributed by atoms with E-state index in [1.807, 2.05) is 42.5 Å². The third-order valence-corrected chi connectivity index (χ3v) is 25.8. The number of halogens is 1. The number of carbonyl (C=O) groups excluding carboxylic acids is 1. The zero-order valence-electron chi connectivity index (χ0n) is 57.1. The van der Waals surface area contributed by atoms with Gasteiger partial charge in [-0.2, -0.15) is 5.26 Å². The lowest BCUT2D eigenvalue weighted by molar-refractivity contribution is -0.0417. The molecule has 6 bridgehead atoms. The Morgan fingerprint density at radius 1 is 0.532 bits per heavy atom. The van der Waals surface area contributed by atoms with Crippen LogP contribution in [-0.4, -0.2) is 142 Å². The molecule has 5 aliphatic heterocycles. The van der Waals surface area contributed by atoms with E-state index in [-0.39, 0.29) is 5.97 Å². The van der Waals surface area contributed by atoms with E-state index >= 15 is 0 Å². The molecule has 0 spiro atoms. The molecule has 16 rings (SSSR count). The molecule has 0 amide bonds. The molecule has 0 aromatic heterocycles. The summed E-state index contributed by atoms with van der Waals surface area (Å²) in [6.45, 7) is 13.3. The Labute approximate surface area is 568 Å². The number of nitriles is 1. The molecule has 5 saturated heterocycles. The minimum absolute atomic E-state index is 0.280. The van der Waals surface area contributed by atoms with Crippen LogP contribution in [0.4, 0.5) is 0 Å². The second kappa shape index (κ2) is 31.1. The fraction of sp³-hybridized carbons (Fsp3) is 0.610. The fourth-order valence-corrected chi connectivity index (χ4v) is 20.6. The van der Waals surface area contributed by atoms with Gasteiger partial charge >= 0.3 is 5.97 Å². The highest BCUT2D eigenvalue weighted by atomic mass is 35.5. The molecule has 94 heavy (non-hydrogen) atoms. The quantitative estimate of drug-likeness (QED) is 0.121. The number of likely N-dealkylation sites (tertiary alicyclic amines) is 4. The van der Waals surface area contributed by atoms with Gasteiger partial charge in [0.2, 0.25) is 0 Å². The molecule has 6 saturated carbocycles. The van der Waals surface area contributed by atoms with Crippen molar-refractivity contribution < 1.29 is 28.8 Å². The van der Waals surface area contributed by atoms with Gasteiger partial charge < -0.3 is 38.8 Å². The lowest BCUT2D eigenvalue weighted by Gasteiger charge is -2.43. The Hall–Kier alpha value is -5.29. The number of aryl methyl sites for hydroxylation is 1. The second-order valence-corrected chi connectivity index (χ2v) is 30.9. The summed E-state index contributed by atoms with van der Waals surface area (Å²) in [4.78, 5) is 22.7. The first-order valence-corrected chi connectivity index (χ1v) is 37.3. The standard InChI is InChI=1S/C26H31NO2.C20H26N2O.C19H27NO.C17H24ClNO2/c1-29-26(28)21-10-8-19(9-11-21)23-4-2-3-5-24(23)20-12-14-27(15-13-20)25-17-18-6-7-22(25)16-18;1-23-20-5-3-15(13-21)11-18(20)16-6-8-22(9-7-16)19-12-14-2-4-17(19)10-14;1-14-4-2-3-5-17(14)19(21)8-10-20(11-9-19)18-13-15-6-7-16(18)12-15;1-20-17-3-2-14(18)12-16(17)13-4-8-19(9-5-13)15-6-10-21-11-7-15/h2-5,8-11,18,20,22,25H,6-7,12-17H2,1H3;3,5,11,14,16-17,19H,2,4,6-10,12H2,1H3;2-5,15-16,18,21H,6-13H2,1H3;2-3,12-13,15H,4-11H2,1H3/t18-,22?,25-;14-,17?,19-;15-,16?,18-;/m000./s1. The van der Waals surface area contributed by atoms with Crippen molar-refractivity contribution in [3.05, 3.63) is 153 Å². The van der Waals surface area contributed by atoms with E-state index in [4.69, 9.17) is 30.5 Å². The Balaban J connectivity index is 0.000000115.